The first-order valence-electron chi connectivity index (χ1n) is 8.46. The molecule has 1 N–H and O–H groups in total. The van der Waals surface area contributed by atoms with E-state index in [2.05, 4.69) is 20.8 Å². The van der Waals surface area contributed by atoms with E-state index in [0.717, 1.165) is 44.9 Å². The standard InChI is InChI=1S/C17H32O3S/c1-17(2,3)13-8-9-16(18)15(11-13)12-6-5-7-14(10-12)21(4,19)20/h12-16,18H,5-11H2,1-4H3. The number of rotatable bonds is 2. The molecule has 21 heavy (non-hydrogen) atoms. The van der Waals surface area contributed by atoms with Crippen molar-refractivity contribution >= 4 is 9.84 Å². The summed E-state index contributed by atoms with van der Waals surface area (Å²) < 4.78 is 23.7. The minimum Gasteiger partial charge on any atom is -0.393 e. The fourth-order valence-corrected chi connectivity index (χ4v) is 5.63. The zero-order chi connectivity index (χ0) is 15.8. The average Bonchev–Trinajstić information content (AvgIpc) is 2.37. The first kappa shape index (κ1) is 17.3. The van der Waals surface area contributed by atoms with Crippen LogP contribution >= 0.6 is 0 Å². The van der Waals surface area contributed by atoms with Gasteiger partial charge in [0, 0.05) is 6.26 Å². The SMILES string of the molecule is CC(C)(C)C1CCC(O)C(C2CCCC(S(C)(=O)=O)C2)C1. The van der Waals surface area contributed by atoms with E-state index in [1.54, 1.807) is 0 Å². The van der Waals surface area contributed by atoms with Gasteiger partial charge in [-0.1, -0.05) is 33.6 Å². The predicted molar refractivity (Wildman–Crippen MR) is 86.9 cm³/mol. The lowest BCUT2D eigenvalue weighted by Gasteiger charge is -2.44. The third-order valence-corrected chi connectivity index (χ3v) is 7.60. The normalized spacial score (nSPS) is 39.2. The second-order valence-electron chi connectivity index (χ2n) is 8.49. The lowest BCUT2D eigenvalue weighted by molar-refractivity contribution is -0.0151. The highest BCUT2D eigenvalue weighted by molar-refractivity contribution is 7.91. The van der Waals surface area contributed by atoms with E-state index in [4.69, 9.17) is 0 Å². The van der Waals surface area contributed by atoms with Gasteiger partial charge >= 0.3 is 0 Å². The Hall–Kier alpha value is -0.0900. The molecule has 2 aliphatic carbocycles. The highest BCUT2D eigenvalue weighted by atomic mass is 32.2. The van der Waals surface area contributed by atoms with Crippen molar-refractivity contribution < 1.29 is 13.5 Å². The Morgan fingerprint density at radius 3 is 2.24 bits per heavy atom. The molecule has 2 aliphatic rings. The maximum Gasteiger partial charge on any atom is 0.150 e. The molecule has 0 aromatic heterocycles. The van der Waals surface area contributed by atoms with Crippen LogP contribution < -0.4 is 0 Å². The number of aliphatic hydroxyl groups is 1. The summed E-state index contributed by atoms with van der Waals surface area (Å²) in [5.74, 6) is 1.33. The molecule has 2 fully saturated rings. The third kappa shape index (κ3) is 4.22. The summed E-state index contributed by atoms with van der Waals surface area (Å²) in [6.45, 7) is 6.85. The van der Waals surface area contributed by atoms with Gasteiger partial charge in [0.15, 0.2) is 0 Å². The fourth-order valence-electron chi connectivity index (χ4n) is 4.44. The highest BCUT2D eigenvalue weighted by Gasteiger charge is 2.41. The van der Waals surface area contributed by atoms with E-state index < -0.39 is 9.84 Å². The number of hydrogen-bond donors (Lipinski definition) is 1. The molecule has 0 heterocycles. The number of hydrogen-bond acceptors (Lipinski definition) is 3. The number of aliphatic hydroxyl groups excluding tert-OH is 1. The van der Waals surface area contributed by atoms with Crippen molar-refractivity contribution in [2.75, 3.05) is 6.26 Å². The van der Waals surface area contributed by atoms with Gasteiger partial charge in [0.25, 0.3) is 0 Å². The van der Waals surface area contributed by atoms with Gasteiger partial charge in [0.1, 0.15) is 9.84 Å². The van der Waals surface area contributed by atoms with Gasteiger partial charge in [-0.15, -0.1) is 0 Å². The molecule has 0 saturated heterocycles. The van der Waals surface area contributed by atoms with E-state index >= 15 is 0 Å². The van der Waals surface area contributed by atoms with E-state index in [9.17, 15) is 13.5 Å². The molecule has 124 valence electrons. The quantitative estimate of drug-likeness (QED) is 0.849. The van der Waals surface area contributed by atoms with Crippen molar-refractivity contribution in [2.24, 2.45) is 23.2 Å². The Labute approximate surface area is 130 Å². The minimum atomic E-state index is -2.94. The Morgan fingerprint density at radius 1 is 1.00 bits per heavy atom. The van der Waals surface area contributed by atoms with Crippen molar-refractivity contribution in [3.05, 3.63) is 0 Å². The van der Waals surface area contributed by atoms with Crippen molar-refractivity contribution in [3.8, 4) is 0 Å². The molecule has 0 aliphatic heterocycles. The largest absolute Gasteiger partial charge is 0.393 e. The van der Waals surface area contributed by atoms with Gasteiger partial charge in [-0.3, -0.25) is 0 Å². The van der Waals surface area contributed by atoms with Crippen LogP contribution in [0, 0.1) is 23.2 Å². The fraction of sp³-hybridized carbons (Fsp3) is 1.00. The summed E-state index contributed by atoms with van der Waals surface area (Å²) in [7, 11) is -2.94. The molecule has 4 heteroatoms. The first-order valence-corrected chi connectivity index (χ1v) is 10.4. The van der Waals surface area contributed by atoms with Crippen LogP contribution in [0.5, 0.6) is 0 Å². The van der Waals surface area contributed by atoms with Gasteiger partial charge in [-0.05, 0) is 55.3 Å². The topological polar surface area (TPSA) is 54.4 Å². The Morgan fingerprint density at radius 2 is 1.67 bits per heavy atom. The minimum absolute atomic E-state index is 0.182. The molecule has 5 atom stereocenters. The van der Waals surface area contributed by atoms with Crippen LogP contribution in [-0.2, 0) is 9.84 Å². The van der Waals surface area contributed by atoms with E-state index in [1.165, 1.54) is 6.26 Å². The smallest absolute Gasteiger partial charge is 0.150 e. The first-order chi connectivity index (χ1) is 9.59. The molecule has 0 bridgehead atoms. The molecule has 5 unspecified atom stereocenters. The monoisotopic (exact) mass is 316 g/mol. The van der Waals surface area contributed by atoms with Gasteiger partial charge in [-0.2, -0.15) is 0 Å². The molecule has 0 spiro atoms. The van der Waals surface area contributed by atoms with Crippen molar-refractivity contribution in [2.45, 2.75) is 77.1 Å². The zero-order valence-electron chi connectivity index (χ0n) is 14.0. The average molecular weight is 317 g/mol. The predicted octanol–water partition coefficient (Wildman–Crippen LogP) is 3.41. The van der Waals surface area contributed by atoms with Gasteiger partial charge in [-0.25, -0.2) is 8.42 Å². The van der Waals surface area contributed by atoms with Crippen LogP contribution in [0.15, 0.2) is 0 Å². The second kappa shape index (κ2) is 6.19. The zero-order valence-corrected chi connectivity index (χ0v) is 14.8. The second-order valence-corrected chi connectivity index (χ2v) is 10.8. The maximum atomic E-state index is 11.9. The summed E-state index contributed by atoms with van der Waals surface area (Å²) >= 11 is 0. The molecule has 2 saturated carbocycles. The van der Waals surface area contributed by atoms with E-state index in [0.29, 0.717) is 17.8 Å². The molecular formula is C17H32O3S. The van der Waals surface area contributed by atoms with Crippen LogP contribution in [0.1, 0.15) is 65.7 Å². The van der Waals surface area contributed by atoms with Gasteiger partial charge in [0.2, 0.25) is 0 Å². The van der Waals surface area contributed by atoms with Crippen molar-refractivity contribution in [1.82, 2.24) is 0 Å². The van der Waals surface area contributed by atoms with Crippen LogP contribution in [0.3, 0.4) is 0 Å². The molecule has 0 aromatic rings. The molecular weight excluding hydrogens is 284 g/mol. The Bertz CT molecular complexity index is 449. The Kier molecular flexibility index (Phi) is 5.09. The van der Waals surface area contributed by atoms with Gasteiger partial charge < -0.3 is 5.11 Å². The maximum absolute atomic E-state index is 11.9. The van der Waals surface area contributed by atoms with Crippen LogP contribution in [-0.4, -0.2) is 31.1 Å². The van der Waals surface area contributed by atoms with Crippen LogP contribution in [0.4, 0.5) is 0 Å². The summed E-state index contributed by atoms with van der Waals surface area (Å²) in [5, 5.41) is 10.3. The van der Waals surface area contributed by atoms with Gasteiger partial charge in [0.05, 0.1) is 11.4 Å². The van der Waals surface area contributed by atoms with E-state index in [1.807, 2.05) is 0 Å². The summed E-state index contributed by atoms with van der Waals surface area (Å²) in [4.78, 5) is 0. The molecule has 0 amide bonds. The van der Waals surface area contributed by atoms with Crippen molar-refractivity contribution in [3.63, 3.8) is 0 Å². The van der Waals surface area contributed by atoms with E-state index in [-0.39, 0.29) is 16.8 Å². The molecule has 3 nitrogen and oxygen atoms in total. The summed E-state index contributed by atoms with van der Waals surface area (Å²) in [6, 6.07) is 0. The molecule has 2 rings (SSSR count). The van der Waals surface area contributed by atoms with Crippen molar-refractivity contribution in [1.29, 1.82) is 0 Å². The summed E-state index contributed by atoms with van der Waals surface area (Å²) in [6.07, 6.45) is 7.83. The van der Waals surface area contributed by atoms with Crippen LogP contribution in [0.2, 0.25) is 0 Å². The highest BCUT2D eigenvalue weighted by Crippen LogP contribution is 2.46. The Balaban J connectivity index is 2.08. The molecule has 0 radical (unpaired) electrons. The molecule has 0 aromatic carbocycles. The third-order valence-electron chi connectivity index (χ3n) is 5.96. The van der Waals surface area contributed by atoms with Crippen LogP contribution in [0.25, 0.3) is 0 Å². The lowest BCUT2D eigenvalue weighted by Crippen LogP contribution is -2.41. The number of sulfone groups is 1. The summed E-state index contributed by atoms with van der Waals surface area (Å²) in [5.41, 5.74) is 0.281. The lowest BCUT2D eigenvalue weighted by atomic mass is 9.63.